The number of benzene rings is 1. The van der Waals surface area contributed by atoms with E-state index in [2.05, 4.69) is 96.2 Å². The summed E-state index contributed by atoms with van der Waals surface area (Å²) in [7, 11) is 3.51. The molecule has 1 atom stereocenters. The van der Waals surface area contributed by atoms with Gasteiger partial charge in [-0.15, -0.1) is 6.42 Å². The van der Waals surface area contributed by atoms with E-state index in [0.29, 0.717) is 0 Å². The largest absolute Gasteiger partial charge is 0.289 e. The zero-order chi connectivity index (χ0) is 17.1. The fourth-order valence-corrected chi connectivity index (χ4v) is 4.08. The van der Waals surface area contributed by atoms with Crippen LogP contribution in [0.15, 0.2) is 30.3 Å². The van der Waals surface area contributed by atoms with Crippen LogP contribution in [-0.4, -0.2) is 48.1 Å². The molecule has 0 spiro atoms. The van der Waals surface area contributed by atoms with E-state index in [1.165, 1.54) is 5.30 Å². The van der Waals surface area contributed by atoms with Gasteiger partial charge in [0.15, 0.2) is 0 Å². The van der Waals surface area contributed by atoms with E-state index in [1.807, 2.05) is 6.07 Å². The first-order valence-electron chi connectivity index (χ1n) is 7.62. The van der Waals surface area contributed by atoms with Crippen molar-refractivity contribution in [2.45, 2.75) is 13.8 Å². The second-order valence-corrected chi connectivity index (χ2v) is 7.20. The highest BCUT2D eigenvalue weighted by Crippen LogP contribution is 2.41. The molecule has 1 aromatic carbocycles. The smallest absolute Gasteiger partial charge is 0.109 e. The van der Waals surface area contributed by atoms with Crippen LogP contribution < -0.4 is 5.30 Å². The summed E-state index contributed by atoms with van der Waals surface area (Å²) in [6.07, 6.45) is 5.15. The lowest BCUT2D eigenvalue weighted by atomic mass is 10.4. The number of nitrogens with zero attached hydrogens (tertiary/aromatic N) is 3. The highest BCUT2D eigenvalue weighted by atomic mass is 31.1. The van der Waals surface area contributed by atoms with Crippen molar-refractivity contribution in [1.29, 1.82) is 0 Å². The van der Waals surface area contributed by atoms with Crippen molar-refractivity contribution in [3.05, 3.63) is 30.3 Å². The molecule has 0 aliphatic carbocycles. The summed E-state index contributed by atoms with van der Waals surface area (Å²) in [5, 5.41) is 1.27. The third kappa shape index (κ3) is 6.36. The minimum Gasteiger partial charge on any atom is -0.289 e. The van der Waals surface area contributed by atoms with Crippen LogP contribution >= 0.6 is 8.22 Å². The number of hydrogen-bond acceptors (Lipinski definition) is 3. The van der Waals surface area contributed by atoms with Crippen LogP contribution in [0, 0.1) is 36.1 Å². The van der Waals surface area contributed by atoms with Crippen LogP contribution in [0.2, 0.25) is 0 Å². The van der Waals surface area contributed by atoms with E-state index < -0.39 is 8.22 Å². The summed E-state index contributed by atoms with van der Waals surface area (Å²) in [5.74, 6) is 10.4. The van der Waals surface area contributed by atoms with E-state index in [1.54, 1.807) is 0 Å². The van der Waals surface area contributed by atoms with E-state index >= 15 is 0 Å². The highest BCUT2D eigenvalue weighted by Gasteiger charge is 2.23. The average molecular weight is 325 g/mol. The molecule has 0 aliphatic rings. The van der Waals surface area contributed by atoms with Crippen molar-refractivity contribution in [2.24, 2.45) is 0 Å². The fraction of sp³-hybridized carbons (Fsp3) is 0.368. The standard InChI is InChI=1S/C19H24N3P/c1-6-9-10-14-17-22(18-20(4)7-2)23(21(5)8-3)19-15-12-11-13-16-19/h1,11-13,15-16H,7-8,18H2,2-5H3. The van der Waals surface area contributed by atoms with Gasteiger partial charge < -0.3 is 0 Å². The van der Waals surface area contributed by atoms with E-state index in [9.17, 15) is 0 Å². The van der Waals surface area contributed by atoms with Gasteiger partial charge in [0.05, 0.1) is 6.67 Å². The van der Waals surface area contributed by atoms with Crippen LogP contribution in [-0.2, 0) is 0 Å². The van der Waals surface area contributed by atoms with Crippen LogP contribution in [0.5, 0.6) is 0 Å². The topological polar surface area (TPSA) is 9.72 Å². The quantitative estimate of drug-likeness (QED) is 0.330. The Morgan fingerprint density at radius 3 is 2.26 bits per heavy atom. The van der Waals surface area contributed by atoms with Gasteiger partial charge in [0, 0.05) is 29.7 Å². The van der Waals surface area contributed by atoms with Crippen molar-refractivity contribution >= 4 is 13.5 Å². The predicted molar refractivity (Wildman–Crippen MR) is 101 cm³/mol. The first-order chi connectivity index (χ1) is 11.1. The van der Waals surface area contributed by atoms with Gasteiger partial charge in [-0.1, -0.05) is 44.2 Å². The molecule has 3 nitrogen and oxygen atoms in total. The highest BCUT2D eigenvalue weighted by molar-refractivity contribution is 7.61. The predicted octanol–water partition coefficient (Wildman–Crippen LogP) is 2.38. The number of terminal acetylenes is 1. The normalized spacial score (nSPS) is 11.0. The lowest BCUT2D eigenvalue weighted by Gasteiger charge is -2.36. The van der Waals surface area contributed by atoms with Crippen LogP contribution in [0.4, 0.5) is 0 Å². The molecule has 0 amide bonds. The van der Waals surface area contributed by atoms with Gasteiger partial charge in [0.2, 0.25) is 0 Å². The molecule has 0 fully saturated rings. The Labute approximate surface area is 142 Å². The van der Waals surface area contributed by atoms with Gasteiger partial charge in [-0.25, -0.2) is 0 Å². The molecule has 0 aliphatic heterocycles. The Hall–Kier alpha value is -1.95. The number of rotatable bonds is 7. The summed E-state index contributed by atoms with van der Waals surface area (Å²) >= 11 is 0. The Morgan fingerprint density at radius 2 is 1.70 bits per heavy atom. The Morgan fingerprint density at radius 1 is 1.00 bits per heavy atom. The molecule has 1 aromatic rings. The van der Waals surface area contributed by atoms with Crippen molar-refractivity contribution < 1.29 is 0 Å². The third-order valence-electron chi connectivity index (χ3n) is 3.29. The van der Waals surface area contributed by atoms with Gasteiger partial charge in [0.1, 0.15) is 8.22 Å². The third-order valence-corrected chi connectivity index (χ3v) is 5.67. The van der Waals surface area contributed by atoms with Crippen molar-refractivity contribution in [3.8, 4) is 36.1 Å². The minimum absolute atomic E-state index is 0.708. The summed E-state index contributed by atoms with van der Waals surface area (Å²) in [5.41, 5.74) is 0. The maximum Gasteiger partial charge on any atom is 0.109 e. The van der Waals surface area contributed by atoms with Gasteiger partial charge in [-0.2, -0.15) is 0 Å². The molecule has 23 heavy (non-hydrogen) atoms. The van der Waals surface area contributed by atoms with Crippen LogP contribution in [0.1, 0.15) is 13.8 Å². The molecule has 120 valence electrons. The van der Waals surface area contributed by atoms with Gasteiger partial charge in [0.25, 0.3) is 0 Å². The van der Waals surface area contributed by atoms with E-state index in [4.69, 9.17) is 6.42 Å². The summed E-state index contributed by atoms with van der Waals surface area (Å²) in [4.78, 5) is 2.23. The van der Waals surface area contributed by atoms with Crippen LogP contribution in [0.25, 0.3) is 0 Å². The molecule has 1 rings (SSSR count). The van der Waals surface area contributed by atoms with Crippen molar-refractivity contribution in [1.82, 2.24) is 14.2 Å². The van der Waals surface area contributed by atoms with E-state index in [-0.39, 0.29) is 0 Å². The molecular formula is C19H24N3P. The van der Waals surface area contributed by atoms with Crippen molar-refractivity contribution in [3.63, 3.8) is 0 Å². The Balaban J connectivity index is 3.19. The van der Waals surface area contributed by atoms with Crippen molar-refractivity contribution in [2.75, 3.05) is 33.9 Å². The zero-order valence-corrected chi connectivity index (χ0v) is 15.3. The Bertz CT molecular complexity index is 628. The molecule has 1 unspecified atom stereocenters. The molecule has 0 bridgehead atoms. The molecule has 0 N–H and O–H groups in total. The lowest BCUT2D eigenvalue weighted by Crippen LogP contribution is -2.36. The van der Waals surface area contributed by atoms with Gasteiger partial charge >= 0.3 is 0 Å². The molecule has 0 heterocycles. The summed E-state index contributed by atoms with van der Waals surface area (Å²) in [6.45, 7) is 6.96. The lowest BCUT2D eigenvalue weighted by molar-refractivity contribution is 0.285. The SMILES string of the molecule is C#CC#CC#CN(CN(C)CC)P(c1ccccc1)N(C)CC. The number of hydrogen-bond donors (Lipinski definition) is 0. The molecular weight excluding hydrogens is 301 g/mol. The second kappa shape index (κ2) is 10.7. The first-order valence-corrected chi connectivity index (χ1v) is 8.87. The monoisotopic (exact) mass is 325 g/mol. The van der Waals surface area contributed by atoms with Crippen LogP contribution in [0.3, 0.4) is 0 Å². The Kier molecular flexibility index (Phi) is 8.90. The molecule has 0 saturated heterocycles. The molecule has 4 heteroatoms. The van der Waals surface area contributed by atoms with Gasteiger partial charge in [-0.05, 0) is 32.5 Å². The first kappa shape index (κ1) is 19.1. The zero-order valence-electron chi connectivity index (χ0n) is 14.4. The molecule has 0 radical (unpaired) electrons. The summed E-state index contributed by atoms with van der Waals surface area (Å²) < 4.78 is 4.50. The average Bonchev–Trinajstić information content (AvgIpc) is 2.59. The molecule has 0 saturated carbocycles. The fourth-order valence-electron chi connectivity index (χ4n) is 1.85. The second-order valence-electron chi connectivity index (χ2n) is 4.94. The maximum atomic E-state index is 5.15. The minimum atomic E-state index is -0.708. The molecule has 0 aromatic heterocycles. The maximum absolute atomic E-state index is 5.15. The summed E-state index contributed by atoms with van der Waals surface area (Å²) in [6, 6.07) is 13.7. The van der Waals surface area contributed by atoms with Gasteiger partial charge in [-0.3, -0.25) is 14.2 Å². The van der Waals surface area contributed by atoms with E-state index in [0.717, 1.165) is 19.8 Å².